The van der Waals surface area contributed by atoms with Crippen molar-refractivity contribution < 1.29 is 18.6 Å². The largest absolute Gasteiger partial charge is 0.461 e. The van der Waals surface area contributed by atoms with Gasteiger partial charge in [0.05, 0.1) is 6.61 Å². The van der Waals surface area contributed by atoms with Gasteiger partial charge in [0.25, 0.3) is 0 Å². The van der Waals surface area contributed by atoms with Crippen LogP contribution in [0.5, 0.6) is 0 Å². The van der Waals surface area contributed by atoms with E-state index in [0.717, 1.165) is 0 Å². The fraction of sp³-hybridized carbons (Fsp3) is 0.625. The van der Waals surface area contributed by atoms with Crippen LogP contribution in [0.2, 0.25) is 0 Å². The fourth-order valence-electron chi connectivity index (χ4n) is 1.06. The Balaban J connectivity index is 2.97. The molecule has 1 atom stereocenters. The van der Waals surface area contributed by atoms with Crippen LogP contribution in [0.15, 0.2) is 11.3 Å². The molecule has 0 unspecified atom stereocenters. The molecule has 5 nitrogen and oxygen atoms in total. The third-order valence-electron chi connectivity index (χ3n) is 1.63. The summed E-state index contributed by atoms with van der Waals surface area (Å²) in [4.78, 5) is 0. The summed E-state index contributed by atoms with van der Waals surface area (Å²) in [5, 5.41) is 8.80. The minimum absolute atomic E-state index is 0.0307. The summed E-state index contributed by atoms with van der Waals surface area (Å²) in [7, 11) is -3.08. The molecule has 78 valence electrons. The molecule has 0 bridgehead atoms. The number of rotatable bonds is 3. The lowest BCUT2D eigenvalue weighted by Gasteiger charge is -2.11. The van der Waals surface area contributed by atoms with Gasteiger partial charge in [0, 0.05) is 6.66 Å². The number of nitriles is 1. The highest BCUT2D eigenvalue weighted by atomic mass is 31.2. The first-order valence-corrected chi connectivity index (χ1v) is 6.31. The van der Waals surface area contributed by atoms with E-state index < -0.39 is 7.37 Å². The average molecular weight is 217 g/mol. The van der Waals surface area contributed by atoms with Gasteiger partial charge in [-0.15, -0.1) is 0 Å². The van der Waals surface area contributed by atoms with Gasteiger partial charge in [-0.1, -0.05) is 0 Å². The van der Waals surface area contributed by atoms with Crippen LogP contribution >= 0.6 is 7.37 Å². The standard InChI is InChI=1S/C8H12NO4P/c1-3-13-14(2,10)7(6-9)8-11-4-5-12-8/h3-5H2,1-2H3/t14-/m0/s1. The molecule has 0 aromatic carbocycles. The van der Waals surface area contributed by atoms with Gasteiger partial charge in [0.1, 0.15) is 19.3 Å². The minimum atomic E-state index is -3.08. The quantitative estimate of drug-likeness (QED) is 0.531. The Morgan fingerprint density at radius 2 is 2.21 bits per heavy atom. The zero-order valence-corrected chi connectivity index (χ0v) is 9.04. The highest BCUT2D eigenvalue weighted by Gasteiger charge is 2.30. The Morgan fingerprint density at radius 3 is 2.64 bits per heavy atom. The van der Waals surface area contributed by atoms with E-state index in [1.807, 2.05) is 6.07 Å². The Hall–Kier alpha value is -0.980. The van der Waals surface area contributed by atoms with Crippen LogP contribution in [-0.2, 0) is 18.6 Å². The minimum Gasteiger partial charge on any atom is -0.461 e. The molecule has 1 fully saturated rings. The van der Waals surface area contributed by atoms with E-state index in [2.05, 4.69) is 0 Å². The molecule has 0 N–H and O–H groups in total. The van der Waals surface area contributed by atoms with Crippen LogP contribution in [0, 0.1) is 11.3 Å². The Bertz CT molecular complexity index is 323. The van der Waals surface area contributed by atoms with Crippen molar-refractivity contribution >= 4 is 7.37 Å². The summed E-state index contributed by atoms with van der Waals surface area (Å²) in [6.45, 7) is 4.14. The van der Waals surface area contributed by atoms with Gasteiger partial charge in [0.15, 0.2) is 5.31 Å². The Morgan fingerprint density at radius 1 is 1.64 bits per heavy atom. The van der Waals surface area contributed by atoms with E-state index in [4.69, 9.17) is 19.3 Å². The summed E-state index contributed by atoms with van der Waals surface area (Å²) < 4.78 is 26.9. The monoisotopic (exact) mass is 217 g/mol. The van der Waals surface area contributed by atoms with Crippen LogP contribution in [0.25, 0.3) is 0 Å². The Kier molecular flexibility index (Phi) is 3.56. The van der Waals surface area contributed by atoms with Crippen molar-refractivity contribution in [3.8, 4) is 6.07 Å². The predicted molar refractivity (Wildman–Crippen MR) is 49.7 cm³/mol. The molecule has 1 aliphatic heterocycles. The topological polar surface area (TPSA) is 68.6 Å². The molecule has 14 heavy (non-hydrogen) atoms. The average Bonchev–Trinajstić information content (AvgIpc) is 2.57. The Labute approximate surface area is 82.7 Å². The summed E-state index contributed by atoms with van der Waals surface area (Å²) in [5.41, 5.74) is 0. The van der Waals surface area contributed by atoms with E-state index in [1.165, 1.54) is 6.66 Å². The highest BCUT2D eigenvalue weighted by Crippen LogP contribution is 2.52. The van der Waals surface area contributed by atoms with Crippen LogP contribution < -0.4 is 0 Å². The molecule has 0 amide bonds. The van der Waals surface area contributed by atoms with Crippen molar-refractivity contribution in [1.29, 1.82) is 5.26 Å². The van der Waals surface area contributed by atoms with Gasteiger partial charge >= 0.3 is 5.95 Å². The number of ether oxygens (including phenoxy) is 2. The van der Waals surface area contributed by atoms with Gasteiger partial charge in [-0.3, -0.25) is 4.57 Å². The zero-order valence-electron chi connectivity index (χ0n) is 8.15. The first-order chi connectivity index (χ1) is 6.61. The maximum absolute atomic E-state index is 11.9. The lowest BCUT2D eigenvalue weighted by molar-refractivity contribution is 0.173. The van der Waals surface area contributed by atoms with E-state index in [0.29, 0.717) is 13.2 Å². The summed E-state index contributed by atoms with van der Waals surface area (Å²) in [6, 6.07) is 1.81. The van der Waals surface area contributed by atoms with Crippen molar-refractivity contribution in [3.05, 3.63) is 11.3 Å². The molecule has 1 heterocycles. The first kappa shape index (κ1) is 11.1. The van der Waals surface area contributed by atoms with E-state index in [9.17, 15) is 4.57 Å². The second-order valence-corrected chi connectivity index (χ2v) is 5.11. The van der Waals surface area contributed by atoms with Crippen LogP contribution in [-0.4, -0.2) is 26.5 Å². The van der Waals surface area contributed by atoms with Gasteiger partial charge < -0.3 is 14.0 Å². The van der Waals surface area contributed by atoms with Crippen LogP contribution in [0.4, 0.5) is 0 Å². The summed E-state index contributed by atoms with van der Waals surface area (Å²) in [5.74, 6) is 0.0479. The van der Waals surface area contributed by atoms with Gasteiger partial charge in [-0.2, -0.15) is 5.26 Å². The van der Waals surface area contributed by atoms with Crippen molar-refractivity contribution in [3.63, 3.8) is 0 Å². The number of allylic oxidation sites excluding steroid dienone is 1. The number of hydrogen-bond acceptors (Lipinski definition) is 5. The molecule has 0 spiro atoms. The van der Waals surface area contributed by atoms with Crippen molar-refractivity contribution in [2.24, 2.45) is 0 Å². The maximum atomic E-state index is 11.9. The molecular formula is C8H12NO4P. The predicted octanol–water partition coefficient (Wildman–Crippen LogP) is 1.67. The molecule has 0 aromatic heterocycles. The second kappa shape index (κ2) is 4.50. The maximum Gasteiger partial charge on any atom is 0.304 e. The summed E-state index contributed by atoms with van der Waals surface area (Å²) >= 11 is 0. The van der Waals surface area contributed by atoms with E-state index in [-0.39, 0.29) is 17.9 Å². The molecule has 6 heteroatoms. The molecule has 0 radical (unpaired) electrons. The first-order valence-electron chi connectivity index (χ1n) is 4.24. The zero-order chi connectivity index (χ0) is 10.6. The summed E-state index contributed by atoms with van der Waals surface area (Å²) in [6.07, 6.45) is 0. The molecule has 0 aromatic rings. The van der Waals surface area contributed by atoms with Crippen molar-refractivity contribution in [1.82, 2.24) is 0 Å². The van der Waals surface area contributed by atoms with Crippen molar-refractivity contribution in [2.75, 3.05) is 26.5 Å². The third-order valence-corrected chi connectivity index (χ3v) is 3.48. The number of nitrogens with zero attached hydrogens (tertiary/aromatic N) is 1. The lowest BCUT2D eigenvalue weighted by atomic mass is 10.6. The smallest absolute Gasteiger partial charge is 0.304 e. The van der Waals surface area contributed by atoms with E-state index >= 15 is 0 Å². The second-order valence-electron chi connectivity index (χ2n) is 2.71. The molecule has 0 saturated carbocycles. The molecule has 1 saturated heterocycles. The fourth-order valence-corrected chi connectivity index (χ4v) is 2.32. The van der Waals surface area contributed by atoms with Gasteiger partial charge in [0.2, 0.25) is 7.37 Å². The number of hydrogen-bond donors (Lipinski definition) is 0. The highest BCUT2D eigenvalue weighted by molar-refractivity contribution is 7.63. The normalized spacial score (nSPS) is 19.1. The molecule has 0 aliphatic carbocycles. The SMILES string of the molecule is CCO[P@](C)(=O)C(C#N)=C1OCCO1. The molecule has 1 aliphatic rings. The van der Waals surface area contributed by atoms with E-state index in [1.54, 1.807) is 6.92 Å². The van der Waals surface area contributed by atoms with Gasteiger partial charge in [-0.05, 0) is 6.92 Å². The lowest BCUT2D eigenvalue weighted by Crippen LogP contribution is -1.96. The van der Waals surface area contributed by atoms with Gasteiger partial charge in [-0.25, -0.2) is 0 Å². The van der Waals surface area contributed by atoms with Crippen LogP contribution in [0.1, 0.15) is 6.92 Å². The van der Waals surface area contributed by atoms with Crippen LogP contribution in [0.3, 0.4) is 0 Å². The van der Waals surface area contributed by atoms with Crippen molar-refractivity contribution in [2.45, 2.75) is 6.92 Å². The molecular weight excluding hydrogens is 205 g/mol. The third kappa shape index (κ3) is 2.28. The molecule has 1 rings (SSSR count).